The van der Waals surface area contributed by atoms with Gasteiger partial charge in [0.25, 0.3) is 0 Å². The molecule has 20 heavy (non-hydrogen) atoms. The molecule has 2 aromatic rings. The molecule has 8 heteroatoms. The van der Waals surface area contributed by atoms with E-state index in [-0.39, 0.29) is 5.13 Å². The first kappa shape index (κ1) is 14.7. The molecule has 0 aliphatic carbocycles. The summed E-state index contributed by atoms with van der Waals surface area (Å²) < 4.78 is 37.2. The van der Waals surface area contributed by atoms with Crippen molar-refractivity contribution in [2.24, 2.45) is 5.73 Å². The van der Waals surface area contributed by atoms with Crippen molar-refractivity contribution in [1.82, 2.24) is 10.2 Å². The molecule has 3 N–H and O–H groups in total. The van der Waals surface area contributed by atoms with Crippen LogP contribution in [0.5, 0.6) is 0 Å². The topological polar surface area (TPSA) is 63.8 Å². The fourth-order valence-corrected chi connectivity index (χ4v) is 2.25. The van der Waals surface area contributed by atoms with Crippen LogP contribution in [0.25, 0.3) is 0 Å². The third kappa shape index (κ3) is 3.91. The fourth-order valence-electron chi connectivity index (χ4n) is 1.62. The normalized spacial score (nSPS) is 11.6. The van der Waals surface area contributed by atoms with Crippen LogP contribution in [0, 0.1) is 0 Å². The van der Waals surface area contributed by atoms with Crippen molar-refractivity contribution in [3.8, 4) is 0 Å². The molecule has 0 atom stereocenters. The van der Waals surface area contributed by atoms with Gasteiger partial charge in [0.05, 0.1) is 0 Å². The maximum Gasteiger partial charge on any atom is 0.445 e. The molecular weight excluding hydrogens is 289 g/mol. The number of hydrogen-bond acceptors (Lipinski definition) is 5. The molecule has 108 valence electrons. The Morgan fingerprint density at radius 2 is 2.05 bits per heavy atom. The number of anilines is 2. The standard InChI is InChI=1S/C12H13F3N4S/c13-12(14,15)10-18-19-11(20-10)17-9-5-1-3-8(7-9)4-2-6-16/h1,3,5,7H,2,4,6,16H2,(H,17,19). The van der Waals surface area contributed by atoms with Crippen LogP contribution in [0.3, 0.4) is 0 Å². The summed E-state index contributed by atoms with van der Waals surface area (Å²) >= 11 is 0.480. The lowest BCUT2D eigenvalue weighted by Crippen LogP contribution is -2.03. The van der Waals surface area contributed by atoms with Gasteiger partial charge in [-0.15, -0.1) is 10.2 Å². The number of benzene rings is 1. The summed E-state index contributed by atoms with van der Waals surface area (Å²) in [6, 6.07) is 7.41. The highest BCUT2D eigenvalue weighted by Gasteiger charge is 2.35. The van der Waals surface area contributed by atoms with E-state index < -0.39 is 11.2 Å². The second-order valence-corrected chi connectivity index (χ2v) is 5.11. The van der Waals surface area contributed by atoms with Crippen LogP contribution < -0.4 is 11.1 Å². The smallest absolute Gasteiger partial charge is 0.330 e. The minimum Gasteiger partial charge on any atom is -0.330 e. The third-order valence-electron chi connectivity index (χ3n) is 2.52. The summed E-state index contributed by atoms with van der Waals surface area (Å²) in [5.41, 5.74) is 7.20. The molecule has 0 aliphatic rings. The van der Waals surface area contributed by atoms with Gasteiger partial charge in [0, 0.05) is 5.69 Å². The first-order valence-electron chi connectivity index (χ1n) is 5.96. The van der Waals surface area contributed by atoms with Crippen molar-refractivity contribution in [3.05, 3.63) is 34.8 Å². The zero-order chi connectivity index (χ0) is 14.6. The Morgan fingerprint density at radius 3 is 2.70 bits per heavy atom. The van der Waals surface area contributed by atoms with Gasteiger partial charge in [-0.25, -0.2) is 0 Å². The predicted octanol–water partition coefficient (Wildman–Crippen LogP) is 3.19. The maximum atomic E-state index is 12.4. The number of nitrogens with one attached hydrogen (secondary N) is 1. The van der Waals surface area contributed by atoms with Crippen molar-refractivity contribution in [3.63, 3.8) is 0 Å². The van der Waals surface area contributed by atoms with Gasteiger partial charge in [0.1, 0.15) is 0 Å². The molecule has 1 aromatic carbocycles. The quantitative estimate of drug-likeness (QED) is 0.890. The summed E-state index contributed by atoms with van der Waals surface area (Å²) in [6.45, 7) is 0.600. The molecule has 4 nitrogen and oxygen atoms in total. The van der Waals surface area contributed by atoms with Crippen LogP contribution in [0.15, 0.2) is 24.3 Å². The minimum atomic E-state index is -4.46. The molecule has 0 amide bonds. The monoisotopic (exact) mass is 302 g/mol. The average molecular weight is 302 g/mol. The Labute approximate surface area is 117 Å². The number of nitrogens with zero attached hydrogens (tertiary/aromatic N) is 2. The van der Waals surface area contributed by atoms with E-state index in [1.807, 2.05) is 18.2 Å². The minimum absolute atomic E-state index is 0.119. The lowest BCUT2D eigenvalue weighted by Gasteiger charge is -2.05. The van der Waals surface area contributed by atoms with E-state index in [0.717, 1.165) is 18.4 Å². The highest BCUT2D eigenvalue weighted by Crippen LogP contribution is 2.33. The molecule has 0 radical (unpaired) electrons. The zero-order valence-corrected chi connectivity index (χ0v) is 11.3. The van der Waals surface area contributed by atoms with E-state index in [9.17, 15) is 13.2 Å². The van der Waals surface area contributed by atoms with E-state index >= 15 is 0 Å². The van der Waals surface area contributed by atoms with Gasteiger partial charge in [-0.3, -0.25) is 0 Å². The number of alkyl halides is 3. The molecule has 0 saturated heterocycles. The highest BCUT2D eigenvalue weighted by molar-refractivity contribution is 7.15. The van der Waals surface area contributed by atoms with Crippen molar-refractivity contribution in [2.75, 3.05) is 11.9 Å². The number of aromatic nitrogens is 2. The van der Waals surface area contributed by atoms with Gasteiger partial charge in [-0.2, -0.15) is 13.2 Å². The van der Waals surface area contributed by atoms with E-state index in [1.165, 1.54) is 0 Å². The second-order valence-electron chi connectivity index (χ2n) is 4.13. The van der Waals surface area contributed by atoms with Crippen LogP contribution >= 0.6 is 11.3 Å². The Kier molecular flexibility index (Phi) is 4.56. The fraction of sp³-hybridized carbons (Fsp3) is 0.333. The maximum absolute atomic E-state index is 12.4. The van der Waals surface area contributed by atoms with E-state index in [4.69, 9.17) is 5.73 Å². The van der Waals surface area contributed by atoms with Crippen LogP contribution in [0.1, 0.15) is 17.0 Å². The van der Waals surface area contributed by atoms with Crippen LogP contribution in [0.4, 0.5) is 24.0 Å². The molecule has 2 rings (SSSR count). The zero-order valence-electron chi connectivity index (χ0n) is 10.4. The van der Waals surface area contributed by atoms with Gasteiger partial charge < -0.3 is 11.1 Å². The molecular formula is C12H13F3N4S. The molecule has 0 unspecified atom stereocenters. The second kappa shape index (κ2) is 6.19. The number of aryl methyl sites for hydroxylation is 1. The van der Waals surface area contributed by atoms with E-state index in [0.29, 0.717) is 23.6 Å². The van der Waals surface area contributed by atoms with Crippen LogP contribution in [-0.4, -0.2) is 16.7 Å². The average Bonchev–Trinajstić information content (AvgIpc) is 2.85. The first-order chi connectivity index (χ1) is 9.49. The molecule has 1 aromatic heterocycles. The molecule has 0 fully saturated rings. The number of halogens is 3. The van der Waals surface area contributed by atoms with Crippen molar-refractivity contribution < 1.29 is 13.2 Å². The summed E-state index contributed by atoms with van der Waals surface area (Å²) in [4.78, 5) is 0. The summed E-state index contributed by atoms with van der Waals surface area (Å²) in [6.07, 6.45) is -2.77. The Bertz CT molecular complexity index is 568. The van der Waals surface area contributed by atoms with Crippen molar-refractivity contribution in [2.45, 2.75) is 19.0 Å². The molecule has 0 bridgehead atoms. The number of rotatable bonds is 5. The lowest BCUT2D eigenvalue weighted by atomic mass is 10.1. The summed E-state index contributed by atoms with van der Waals surface area (Å²) in [5, 5.41) is 8.59. The van der Waals surface area contributed by atoms with Gasteiger partial charge >= 0.3 is 6.18 Å². The third-order valence-corrected chi connectivity index (χ3v) is 3.40. The van der Waals surface area contributed by atoms with Gasteiger partial charge in [-0.05, 0) is 37.1 Å². The number of hydrogen-bond donors (Lipinski definition) is 2. The Balaban J connectivity index is 2.08. The Morgan fingerprint density at radius 1 is 1.25 bits per heavy atom. The SMILES string of the molecule is NCCCc1cccc(Nc2nnc(C(F)(F)F)s2)c1. The van der Waals surface area contributed by atoms with Gasteiger partial charge in [0.15, 0.2) is 0 Å². The highest BCUT2D eigenvalue weighted by atomic mass is 32.1. The van der Waals surface area contributed by atoms with E-state index in [1.54, 1.807) is 6.07 Å². The van der Waals surface area contributed by atoms with Crippen molar-refractivity contribution in [1.29, 1.82) is 0 Å². The van der Waals surface area contributed by atoms with Gasteiger partial charge in [0.2, 0.25) is 10.1 Å². The molecule has 0 spiro atoms. The van der Waals surface area contributed by atoms with Gasteiger partial charge in [-0.1, -0.05) is 23.5 Å². The molecule has 1 heterocycles. The first-order valence-corrected chi connectivity index (χ1v) is 6.77. The van der Waals surface area contributed by atoms with Crippen molar-refractivity contribution >= 4 is 22.2 Å². The summed E-state index contributed by atoms with van der Waals surface area (Å²) in [5.74, 6) is 0. The lowest BCUT2D eigenvalue weighted by molar-refractivity contribution is -0.138. The Hall–Kier alpha value is -1.67. The largest absolute Gasteiger partial charge is 0.445 e. The molecule has 0 saturated carbocycles. The predicted molar refractivity (Wildman–Crippen MR) is 72.0 cm³/mol. The molecule has 0 aliphatic heterocycles. The van der Waals surface area contributed by atoms with E-state index in [2.05, 4.69) is 15.5 Å². The summed E-state index contributed by atoms with van der Waals surface area (Å²) in [7, 11) is 0. The van der Waals surface area contributed by atoms with Crippen LogP contribution in [-0.2, 0) is 12.6 Å². The number of nitrogens with two attached hydrogens (primary N) is 1. The van der Waals surface area contributed by atoms with Crippen LogP contribution in [0.2, 0.25) is 0 Å².